The summed E-state index contributed by atoms with van der Waals surface area (Å²) in [4.78, 5) is 23.7. The number of ether oxygens (including phenoxy) is 1. The molecule has 1 heterocycles. The molecule has 1 aliphatic rings. The predicted molar refractivity (Wildman–Crippen MR) is 71.9 cm³/mol. The van der Waals surface area contributed by atoms with Crippen LogP contribution in [0.25, 0.3) is 0 Å². The van der Waals surface area contributed by atoms with Crippen LogP contribution >= 0.6 is 0 Å². The molecule has 10 heteroatoms. The molecule has 6 nitrogen and oxygen atoms in total. The number of halogens is 4. The predicted octanol–water partition coefficient (Wildman–Crippen LogP) is 1.61. The minimum absolute atomic E-state index is 0.00646. The van der Waals surface area contributed by atoms with E-state index in [0.717, 1.165) is 24.3 Å². The summed E-state index contributed by atoms with van der Waals surface area (Å²) in [5.41, 5.74) is -3.83. The highest BCUT2D eigenvalue weighted by Crippen LogP contribution is 2.43. The Morgan fingerprint density at radius 2 is 1.92 bits per heavy atom. The Hall–Kier alpha value is -2.36. The molecule has 132 valence electrons. The quantitative estimate of drug-likeness (QED) is 0.571. The van der Waals surface area contributed by atoms with Crippen molar-refractivity contribution in [1.82, 2.24) is 10.6 Å². The van der Waals surface area contributed by atoms with Gasteiger partial charge in [0.2, 0.25) is 0 Å². The number of nitrogens with one attached hydrogen (secondary N) is 2. The SMILES string of the molecule is CCOC(=O)C1C(c2ccc(F)cc2)NC(=O)NC1(O)C(F)(F)F. The van der Waals surface area contributed by atoms with Crippen molar-refractivity contribution in [2.75, 3.05) is 6.61 Å². The van der Waals surface area contributed by atoms with Gasteiger partial charge in [-0.2, -0.15) is 13.2 Å². The molecule has 3 atom stereocenters. The van der Waals surface area contributed by atoms with E-state index in [9.17, 15) is 32.3 Å². The van der Waals surface area contributed by atoms with Crippen molar-refractivity contribution in [2.45, 2.75) is 24.9 Å². The number of amides is 2. The second-order valence-corrected chi connectivity index (χ2v) is 5.12. The molecular weight excluding hydrogens is 336 g/mol. The smallest absolute Gasteiger partial charge is 0.437 e. The van der Waals surface area contributed by atoms with Crippen molar-refractivity contribution in [3.05, 3.63) is 35.6 Å². The molecule has 1 aliphatic heterocycles. The zero-order valence-corrected chi connectivity index (χ0v) is 12.4. The Morgan fingerprint density at radius 1 is 1.33 bits per heavy atom. The summed E-state index contributed by atoms with van der Waals surface area (Å²) in [7, 11) is 0. The molecule has 2 amide bonds. The number of rotatable bonds is 3. The van der Waals surface area contributed by atoms with Crippen LogP contribution < -0.4 is 10.6 Å². The van der Waals surface area contributed by atoms with E-state index in [4.69, 9.17) is 0 Å². The molecule has 0 saturated carbocycles. The molecule has 1 saturated heterocycles. The van der Waals surface area contributed by atoms with E-state index in [0.29, 0.717) is 0 Å². The fourth-order valence-corrected chi connectivity index (χ4v) is 2.48. The van der Waals surface area contributed by atoms with Crippen molar-refractivity contribution < 1.29 is 37.0 Å². The third-order valence-electron chi connectivity index (χ3n) is 3.58. The largest absolute Gasteiger partial charge is 0.466 e. The van der Waals surface area contributed by atoms with E-state index in [1.807, 2.05) is 0 Å². The number of urea groups is 1. The maximum absolute atomic E-state index is 13.3. The van der Waals surface area contributed by atoms with Gasteiger partial charge >= 0.3 is 18.2 Å². The van der Waals surface area contributed by atoms with Crippen LogP contribution in [-0.4, -0.2) is 35.6 Å². The molecule has 0 radical (unpaired) electrons. The van der Waals surface area contributed by atoms with Crippen LogP contribution in [0, 0.1) is 11.7 Å². The molecule has 3 unspecified atom stereocenters. The minimum atomic E-state index is -5.35. The van der Waals surface area contributed by atoms with Gasteiger partial charge in [0, 0.05) is 0 Å². The second-order valence-electron chi connectivity index (χ2n) is 5.12. The van der Waals surface area contributed by atoms with Gasteiger partial charge in [0.1, 0.15) is 11.7 Å². The topological polar surface area (TPSA) is 87.7 Å². The Labute approximate surface area is 133 Å². The summed E-state index contributed by atoms with van der Waals surface area (Å²) in [6.45, 7) is 1.15. The normalized spacial score (nSPS) is 27.2. The van der Waals surface area contributed by atoms with Crippen LogP contribution in [0.15, 0.2) is 24.3 Å². The molecule has 1 fully saturated rings. The highest BCUT2D eigenvalue weighted by molar-refractivity contribution is 5.83. The van der Waals surface area contributed by atoms with Gasteiger partial charge in [-0.15, -0.1) is 0 Å². The van der Waals surface area contributed by atoms with Gasteiger partial charge in [-0.05, 0) is 24.6 Å². The number of alkyl halides is 3. The summed E-state index contributed by atoms with van der Waals surface area (Å²) < 4.78 is 57.7. The summed E-state index contributed by atoms with van der Waals surface area (Å²) in [6, 6.07) is 1.23. The van der Waals surface area contributed by atoms with Crippen LogP contribution in [0.3, 0.4) is 0 Å². The van der Waals surface area contributed by atoms with Crippen molar-refractivity contribution in [3.8, 4) is 0 Å². The number of aliphatic hydroxyl groups is 1. The average molecular weight is 350 g/mol. The molecule has 1 aromatic carbocycles. The summed E-state index contributed by atoms with van der Waals surface area (Å²) in [5.74, 6) is -4.24. The standard InChI is InChI=1S/C14H14F4N2O4/c1-2-24-11(21)9-10(7-3-5-8(15)6-4-7)19-12(22)20-13(9,23)14(16,17)18/h3-6,9-10,23H,2H2,1H3,(H2,19,20,22). The molecule has 3 N–H and O–H groups in total. The highest BCUT2D eigenvalue weighted by atomic mass is 19.4. The van der Waals surface area contributed by atoms with E-state index < -0.39 is 41.7 Å². The summed E-state index contributed by atoms with van der Waals surface area (Å²) in [5, 5.41) is 13.5. The number of esters is 1. The van der Waals surface area contributed by atoms with Crippen LogP contribution in [0.4, 0.5) is 22.4 Å². The van der Waals surface area contributed by atoms with Gasteiger partial charge in [-0.25, -0.2) is 9.18 Å². The molecule has 0 aromatic heterocycles. The Morgan fingerprint density at radius 3 is 2.42 bits per heavy atom. The van der Waals surface area contributed by atoms with Crippen LogP contribution in [0.2, 0.25) is 0 Å². The van der Waals surface area contributed by atoms with Gasteiger partial charge in [0.05, 0.1) is 12.6 Å². The lowest BCUT2D eigenvalue weighted by Gasteiger charge is -2.44. The van der Waals surface area contributed by atoms with E-state index in [-0.39, 0.29) is 12.2 Å². The number of carbonyl (C=O) groups excluding carboxylic acids is 2. The summed E-state index contributed by atoms with van der Waals surface area (Å²) in [6.07, 6.45) is -5.35. The lowest BCUT2D eigenvalue weighted by molar-refractivity contribution is -0.294. The number of hydrogen-bond donors (Lipinski definition) is 3. The first-order valence-corrected chi connectivity index (χ1v) is 6.90. The average Bonchev–Trinajstić information content (AvgIpc) is 2.46. The minimum Gasteiger partial charge on any atom is -0.466 e. The first-order chi connectivity index (χ1) is 11.1. The van der Waals surface area contributed by atoms with Crippen molar-refractivity contribution in [1.29, 1.82) is 0 Å². The molecule has 1 aromatic rings. The Bertz CT molecular complexity index is 635. The maximum atomic E-state index is 13.3. The zero-order valence-electron chi connectivity index (χ0n) is 12.4. The number of carbonyl (C=O) groups is 2. The van der Waals surface area contributed by atoms with Crippen molar-refractivity contribution in [3.63, 3.8) is 0 Å². The highest BCUT2D eigenvalue weighted by Gasteiger charge is 2.67. The van der Waals surface area contributed by atoms with Gasteiger partial charge in [0.25, 0.3) is 5.72 Å². The monoisotopic (exact) mass is 350 g/mol. The van der Waals surface area contributed by atoms with E-state index in [1.54, 1.807) is 0 Å². The van der Waals surface area contributed by atoms with E-state index >= 15 is 0 Å². The molecule has 0 spiro atoms. The maximum Gasteiger partial charge on any atom is 0.437 e. The third-order valence-corrected chi connectivity index (χ3v) is 3.58. The summed E-state index contributed by atoms with van der Waals surface area (Å²) >= 11 is 0. The van der Waals surface area contributed by atoms with Gasteiger partial charge in [-0.3, -0.25) is 4.79 Å². The fourth-order valence-electron chi connectivity index (χ4n) is 2.48. The number of benzene rings is 1. The zero-order chi connectivity index (χ0) is 18.1. The van der Waals surface area contributed by atoms with E-state index in [1.165, 1.54) is 12.2 Å². The molecule has 0 bridgehead atoms. The van der Waals surface area contributed by atoms with Crippen LogP contribution in [0.1, 0.15) is 18.5 Å². The first kappa shape index (κ1) is 18.0. The molecule has 24 heavy (non-hydrogen) atoms. The molecule has 0 aliphatic carbocycles. The second kappa shape index (κ2) is 6.27. The fraction of sp³-hybridized carbons (Fsp3) is 0.429. The van der Waals surface area contributed by atoms with Gasteiger partial charge in [0.15, 0.2) is 0 Å². The van der Waals surface area contributed by atoms with E-state index in [2.05, 4.69) is 10.1 Å². The van der Waals surface area contributed by atoms with Crippen molar-refractivity contribution >= 4 is 12.0 Å². The van der Waals surface area contributed by atoms with Gasteiger partial charge in [-0.1, -0.05) is 12.1 Å². The molecular formula is C14H14F4N2O4. The lowest BCUT2D eigenvalue weighted by atomic mass is 9.82. The third kappa shape index (κ3) is 3.14. The first-order valence-electron chi connectivity index (χ1n) is 6.90. The van der Waals surface area contributed by atoms with Gasteiger partial charge < -0.3 is 20.5 Å². The Kier molecular flexibility index (Phi) is 4.70. The lowest BCUT2D eigenvalue weighted by Crippen LogP contribution is -2.73. The van der Waals surface area contributed by atoms with Crippen LogP contribution in [-0.2, 0) is 9.53 Å². The Balaban J connectivity index is 2.55. The molecule has 2 rings (SSSR count). The number of hydrogen-bond acceptors (Lipinski definition) is 4. The van der Waals surface area contributed by atoms with Crippen molar-refractivity contribution in [2.24, 2.45) is 5.92 Å². The van der Waals surface area contributed by atoms with Crippen LogP contribution in [0.5, 0.6) is 0 Å².